The molecule has 0 radical (unpaired) electrons. The Bertz CT molecular complexity index is 1210. The fraction of sp³-hybridized carbons (Fsp3) is 0.143. The molecule has 7 heteroatoms. The molecule has 0 aliphatic carbocycles. The minimum absolute atomic E-state index is 0.316. The van der Waals surface area contributed by atoms with E-state index in [4.69, 9.17) is 0 Å². The molecule has 140 valence electrons. The van der Waals surface area contributed by atoms with Crippen LogP contribution in [0.25, 0.3) is 20.7 Å². The van der Waals surface area contributed by atoms with Crippen molar-refractivity contribution in [2.75, 3.05) is 5.32 Å². The third-order valence-corrected chi connectivity index (χ3v) is 5.66. The molecule has 1 N–H and O–H groups in total. The largest absolute Gasteiger partial charge is 0.324 e. The molecule has 2 aromatic heterocycles. The van der Waals surface area contributed by atoms with Crippen molar-refractivity contribution in [1.82, 2.24) is 15.0 Å². The Labute approximate surface area is 165 Å². The topological polar surface area (TPSA) is 76.9 Å². The summed E-state index contributed by atoms with van der Waals surface area (Å²) in [6.07, 6.45) is 0. The number of amides is 1. The van der Waals surface area contributed by atoms with E-state index in [0.29, 0.717) is 15.9 Å². The summed E-state index contributed by atoms with van der Waals surface area (Å²) >= 11 is 1.41. The van der Waals surface area contributed by atoms with Gasteiger partial charge in [-0.15, -0.1) is 16.4 Å². The Morgan fingerprint density at radius 2 is 1.82 bits per heavy atom. The number of nitrogens with zero attached hydrogens (tertiary/aromatic N) is 3. The monoisotopic (exact) mass is 390 g/mol. The van der Waals surface area contributed by atoms with Gasteiger partial charge in [-0.05, 0) is 37.1 Å². The molecule has 0 aliphatic rings. The molecule has 4 aromatic rings. The molecule has 0 unspecified atom stereocenters. The van der Waals surface area contributed by atoms with Crippen molar-refractivity contribution in [3.63, 3.8) is 0 Å². The van der Waals surface area contributed by atoms with Gasteiger partial charge < -0.3 is 5.32 Å². The van der Waals surface area contributed by atoms with E-state index in [1.54, 1.807) is 6.92 Å². The summed E-state index contributed by atoms with van der Waals surface area (Å²) in [6, 6.07) is 18.3. The molecule has 0 fully saturated rings. The van der Waals surface area contributed by atoms with Crippen LogP contribution in [0.15, 0.2) is 65.5 Å². The average Bonchev–Trinajstić information content (AvgIpc) is 3.15. The highest BCUT2D eigenvalue weighted by Crippen LogP contribution is 2.30. The summed E-state index contributed by atoms with van der Waals surface area (Å²) < 4.78 is 1.14. The van der Waals surface area contributed by atoms with Gasteiger partial charge in [0.2, 0.25) is 5.91 Å². The molecule has 4 rings (SSSR count). The number of carbonyl (C=O) groups is 1. The van der Waals surface area contributed by atoms with Crippen molar-refractivity contribution >= 4 is 33.1 Å². The van der Waals surface area contributed by atoms with Gasteiger partial charge in [0.25, 0.3) is 5.56 Å². The van der Waals surface area contributed by atoms with Crippen LogP contribution in [0.4, 0.5) is 5.69 Å². The third kappa shape index (κ3) is 3.32. The van der Waals surface area contributed by atoms with Crippen LogP contribution in [0, 0.1) is 6.92 Å². The van der Waals surface area contributed by atoms with Crippen LogP contribution < -0.4 is 10.9 Å². The van der Waals surface area contributed by atoms with Crippen molar-refractivity contribution in [1.29, 1.82) is 0 Å². The van der Waals surface area contributed by atoms with Crippen LogP contribution in [-0.4, -0.2) is 20.9 Å². The number of aryl methyl sites for hydroxylation is 1. The van der Waals surface area contributed by atoms with E-state index in [1.807, 2.05) is 67.6 Å². The first-order valence-corrected chi connectivity index (χ1v) is 9.67. The first kappa shape index (κ1) is 18.1. The highest BCUT2D eigenvalue weighted by molar-refractivity contribution is 7.21. The summed E-state index contributed by atoms with van der Waals surface area (Å²) in [5, 5.41) is 11.5. The van der Waals surface area contributed by atoms with Crippen LogP contribution >= 0.6 is 11.3 Å². The van der Waals surface area contributed by atoms with E-state index in [0.717, 1.165) is 20.7 Å². The highest BCUT2D eigenvalue weighted by atomic mass is 32.1. The zero-order chi connectivity index (χ0) is 19.7. The van der Waals surface area contributed by atoms with Gasteiger partial charge in [-0.2, -0.15) is 4.68 Å². The number of carbonyl (C=O) groups excluding carboxylic acids is 1. The van der Waals surface area contributed by atoms with Crippen molar-refractivity contribution in [3.05, 3.63) is 76.6 Å². The smallest absolute Gasteiger partial charge is 0.279 e. The molecule has 6 nitrogen and oxygen atoms in total. The molecule has 0 saturated carbocycles. The lowest BCUT2D eigenvalue weighted by atomic mass is 10.2. The SMILES string of the molecule is Cc1ccccc1NC(=O)[C@@H](C)n1nnc2sc(-c3ccccc3)cc2c1=O. The van der Waals surface area contributed by atoms with Crippen molar-refractivity contribution in [3.8, 4) is 10.4 Å². The van der Waals surface area contributed by atoms with Crippen molar-refractivity contribution < 1.29 is 4.79 Å². The lowest BCUT2D eigenvalue weighted by Crippen LogP contribution is -2.34. The number of rotatable bonds is 4. The Kier molecular flexibility index (Phi) is 4.75. The van der Waals surface area contributed by atoms with E-state index in [9.17, 15) is 9.59 Å². The van der Waals surface area contributed by atoms with Gasteiger partial charge in [0.1, 0.15) is 6.04 Å². The number of aromatic nitrogens is 3. The van der Waals surface area contributed by atoms with Gasteiger partial charge in [-0.3, -0.25) is 9.59 Å². The van der Waals surface area contributed by atoms with Crippen molar-refractivity contribution in [2.24, 2.45) is 0 Å². The third-order valence-electron chi connectivity index (χ3n) is 4.59. The van der Waals surface area contributed by atoms with Gasteiger partial charge in [0.15, 0.2) is 4.83 Å². The summed E-state index contributed by atoms with van der Waals surface area (Å²) in [5.41, 5.74) is 2.35. The standard InChI is InChI=1S/C21H18N4O2S/c1-13-8-6-7-11-17(13)22-19(26)14(2)25-21(27)16-12-18(28-20(16)23-24-25)15-9-4-3-5-10-15/h3-12,14H,1-2H3,(H,22,26)/t14-/m1/s1. The zero-order valence-corrected chi connectivity index (χ0v) is 16.2. The molecule has 1 atom stereocenters. The quantitative estimate of drug-likeness (QED) is 0.571. The first-order chi connectivity index (χ1) is 13.5. The fourth-order valence-corrected chi connectivity index (χ4v) is 3.89. The molecule has 0 aliphatic heterocycles. The van der Waals surface area contributed by atoms with Gasteiger partial charge in [0.05, 0.1) is 5.39 Å². The van der Waals surface area contributed by atoms with Crippen LogP contribution in [-0.2, 0) is 4.79 Å². The molecule has 28 heavy (non-hydrogen) atoms. The molecule has 1 amide bonds. The van der Waals surface area contributed by atoms with E-state index in [1.165, 1.54) is 11.3 Å². The predicted molar refractivity (Wildman–Crippen MR) is 112 cm³/mol. The Morgan fingerprint density at radius 1 is 1.11 bits per heavy atom. The number of nitrogens with one attached hydrogen (secondary N) is 1. The number of fused-ring (bicyclic) bond motifs is 1. The number of benzene rings is 2. The number of para-hydroxylation sites is 1. The first-order valence-electron chi connectivity index (χ1n) is 8.85. The van der Waals surface area contributed by atoms with Crippen LogP contribution in [0.2, 0.25) is 0 Å². The molecular formula is C21H18N4O2S. The Morgan fingerprint density at radius 3 is 2.57 bits per heavy atom. The fourth-order valence-electron chi connectivity index (χ4n) is 2.92. The second-order valence-corrected chi connectivity index (χ2v) is 7.55. The lowest BCUT2D eigenvalue weighted by molar-refractivity contribution is -0.119. The second kappa shape index (κ2) is 7.36. The van der Waals surface area contributed by atoms with Gasteiger partial charge in [0, 0.05) is 10.6 Å². The Balaban J connectivity index is 1.67. The van der Waals surface area contributed by atoms with Gasteiger partial charge in [-0.1, -0.05) is 53.7 Å². The molecular weight excluding hydrogens is 372 g/mol. The summed E-state index contributed by atoms with van der Waals surface area (Å²) in [6.45, 7) is 3.55. The average molecular weight is 390 g/mol. The van der Waals surface area contributed by atoms with Crippen LogP contribution in [0.1, 0.15) is 18.5 Å². The molecule has 0 saturated heterocycles. The maximum Gasteiger partial charge on any atom is 0.279 e. The predicted octanol–water partition coefficient (Wildman–Crippen LogP) is 4.03. The second-order valence-electron chi connectivity index (χ2n) is 6.51. The van der Waals surface area contributed by atoms with Crippen LogP contribution in [0.3, 0.4) is 0 Å². The number of hydrogen-bond donors (Lipinski definition) is 1. The maximum atomic E-state index is 12.9. The van der Waals surface area contributed by atoms with E-state index in [-0.39, 0.29) is 11.5 Å². The number of hydrogen-bond acceptors (Lipinski definition) is 5. The molecule has 0 bridgehead atoms. The zero-order valence-electron chi connectivity index (χ0n) is 15.4. The summed E-state index contributed by atoms with van der Waals surface area (Å²) in [5.74, 6) is -0.316. The van der Waals surface area contributed by atoms with Gasteiger partial charge in [-0.25, -0.2) is 0 Å². The number of thiophene rings is 1. The minimum atomic E-state index is -0.788. The minimum Gasteiger partial charge on any atom is -0.324 e. The normalized spacial score (nSPS) is 12.1. The van der Waals surface area contributed by atoms with Crippen LogP contribution in [0.5, 0.6) is 0 Å². The molecule has 2 aromatic carbocycles. The Hall–Kier alpha value is -3.32. The molecule has 2 heterocycles. The lowest BCUT2D eigenvalue weighted by Gasteiger charge is -2.14. The molecule has 0 spiro atoms. The van der Waals surface area contributed by atoms with E-state index < -0.39 is 6.04 Å². The van der Waals surface area contributed by atoms with E-state index >= 15 is 0 Å². The maximum absolute atomic E-state index is 12.9. The summed E-state index contributed by atoms with van der Waals surface area (Å²) in [4.78, 5) is 27.1. The van der Waals surface area contributed by atoms with Gasteiger partial charge >= 0.3 is 0 Å². The number of anilines is 1. The summed E-state index contributed by atoms with van der Waals surface area (Å²) in [7, 11) is 0. The van der Waals surface area contributed by atoms with Crippen molar-refractivity contribution in [2.45, 2.75) is 19.9 Å². The van der Waals surface area contributed by atoms with E-state index in [2.05, 4.69) is 15.6 Å². The highest BCUT2D eigenvalue weighted by Gasteiger charge is 2.21.